The highest BCUT2D eigenvalue weighted by Crippen LogP contribution is 2.41. The standard InChI is InChI=1S/C27H38BO4.C22H37NO5.C21H35NO4S.C20H33NO4S/c1-19(27(2,3)4)17-21-10-13-24(25(18-21)30-5)31-15-6-7-20-8-11-22(12-9-20)28-23-14-16-32-26(23)29;1-14(22(3,4)5)12-16-8-9-18(19(13-16)26-7)28-15(2)20(24)23(6)17-10-11-27-21(17)25;1-13(2)14(3)11-16-7-8-19(18(12-16)25-6)27-15(4)20(23)22(5)17-9-10-26-21(17)24;1-13(2)14(3)10-15-6-7-18(17(11-15)24-5)26-12-19(22)21(4)16-8-9-25-20(16)23/h6-9,11-12,17,21,23-25H,10,13-16,18H2,1-5H3;12,15-19H,8-11,13H2,1-7H3;11,13,15-19H,7-10,12H2,1-6H3;10,13,15-18H,6-9,11-12H2,1-5H3/b7-6+,19-17+;14-12+;14-11+;14-10+/t21?,23?,24?,25-;15?,16?,17?,18?,19-;15?,16?,17?,18-,19+;15?,16?,17-,18+/m1111/s1. The molecule has 8 fully saturated rings. The highest BCUT2D eigenvalue weighted by Gasteiger charge is 2.42. The van der Waals surface area contributed by atoms with Crippen LogP contribution >= 0.6 is 23.5 Å². The SMILES string of the molecule is CO[C@@H]1CC(/C=C(\C)C(C)(C)C)CCC1OC(C)C(=O)N(C)C1CCOC1=O.CO[C@@H]1CC(/C=C(\C)C(C)(C)C)CCC1OC/C=C/c1ccc([B]C2CCOC2=O)cc1.CO[C@@H]1CC(/C=C(\C)C(C)C)CC[C@@H]1SC(C)C(=O)N(C)C1CCOC1=O.CO[C@@H]1CC(/C=C(\C)C(C)C)CC[C@@H]1SCC(=O)N(C)C1CCOC1=O. The summed E-state index contributed by atoms with van der Waals surface area (Å²) in [7, 11) is 14.1. The first-order chi connectivity index (χ1) is 53.4. The molecule has 1 aromatic rings. The summed E-state index contributed by atoms with van der Waals surface area (Å²) >= 11 is 3.35. The van der Waals surface area contributed by atoms with Gasteiger partial charge in [-0.25, -0.2) is 14.4 Å². The van der Waals surface area contributed by atoms with E-state index < -0.39 is 24.2 Å². The maximum absolute atomic E-state index is 12.8. The number of benzene rings is 1. The van der Waals surface area contributed by atoms with Gasteiger partial charge in [0.05, 0.1) is 80.7 Å². The van der Waals surface area contributed by atoms with E-state index in [1.54, 1.807) is 89.8 Å². The van der Waals surface area contributed by atoms with Gasteiger partial charge in [-0.2, -0.15) is 0 Å². The number of esters is 4. The summed E-state index contributed by atoms with van der Waals surface area (Å²) in [5.41, 5.74) is 8.28. The van der Waals surface area contributed by atoms with Gasteiger partial charge in [0.2, 0.25) is 11.8 Å². The maximum atomic E-state index is 12.8. The Morgan fingerprint density at radius 1 is 0.496 bits per heavy atom. The lowest BCUT2D eigenvalue weighted by atomic mass is 9.58. The largest absolute Gasteiger partial charge is 0.466 e. The van der Waals surface area contributed by atoms with Crippen molar-refractivity contribution in [1.82, 2.24) is 14.7 Å². The third kappa shape index (κ3) is 30.3. The predicted molar refractivity (Wildman–Crippen MR) is 454 cm³/mol. The average molecular weight is 1610 g/mol. The highest BCUT2D eigenvalue weighted by atomic mass is 32.2. The molecule has 23 heteroatoms. The van der Waals surface area contributed by atoms with Crippen molar-refractivity contribution in [3.05, 3.63) is 82.5 Å². The summed E-state index contributed by atoms with van der Waals surface area (Å²) in [6, 6.07) is 6.87. The lowest BCUT2D eigenvalue weighted by molar-refractivity contribution is -0.160. The quantitative estimate of drug-likeness (QED) is 0.0329. The minimum absolute atomic E-state index is 0.00336. The molecule has 0 spiro atoms. The number of thioether (sulfide) groups is 2. The first kappa shape index (κ1) is 96.6. The van der Waals surface area contributed by atoms with E-state index in [1.807, 2.05) is 26.3 Å². The number of hydrogen-bond acceptors (Lipinski definition) is 19. The van der Waals surface area contributed by atoms with Gasteiger partial charge in [-0.05, 0) is 177 Å². The summed E-state index contributed by atoms with van der Waals surface area (Å²) in [4.78, 5) is 89.3. The Bertz CT molecular complexity index is 3360. The second-order valence-corrected chi connectivity index (χ2v) is 38.0. The number of likely N-dealkylation sites (N-methyl/N-ethyl adjacent to an activating group) is 3. The molecule has 0 bridgehead atoms. The lowest BCUT2D eigenvalue weighted by Crippen LogP contribution is -2.47. The second kappa shape index (κ2) is 46.8. The molecular formula is C90H143BN3O17S2. The first-order valence-corrected chi connectivity index (χ1v) is 43.8. The topological polar surface area (TPSA) is 222 Å². The van der Waals surface area contributed by atoms with E-state index in [2.05, 4.69) is 146 Å². The Morgan fingerprint density at radius 2 is 0.903 bits per heavy atom. The molecule has 12 unspecified atom stereocenters. The van der Waals surface area contributed by atoms with Crippen LogP contribution in [-0.4, -0.2) is 229 Å². The van der Waals surface area contributed by atoms with Crippen LogP contribution in [0.1, 0.15) is 219 Å². The summed E-state index contributed by atoms with van der Waals surface area (Å²) in [6.45, 7) is 37.2. The number of amides is 3. The molecule has 4 heterocycles. The maximum Gasteiger partial charge on any atom is 0.328 e. The number of hydrogen-bond donors (Lipinski definition) is 0. The van der Waals surface area contributed by atoms with Crippen molar-refractivity contribution >= 4 is 83.9 Å². The van der Waals surface area contributed by atoms with Crippen molar-refractivity contribution in [2.75, 3.05) is 88.4 Å². The summed E-state index contributed by atoms with van der Waals surface area (Å²) in [6.07, 6.45) is 28.4. The van der Waals surface area contributed by atoms with Crippen LogP contribution in [0.15, 0.2) is 76.9 Å². The Hall–Kier alpha value is -5.27. The number of carbonyl (C=O) groups is 7. The van der Waals surface area contributed by atoms with Gasteiger partial charge in [0, 0.05) is 85.2 Å². The second-order valence-electron chi connectivity index (χ2n) is 35.2. The van der Waals surface area contributed by atoms with Crippen molar-refractivity contribution in [3.63, 3.8) is 0 Å². The van der Waals surface area contributed by atoms with Crippen LogP contribution in [-0.2, 0) is 80.9 Å². The Labute approximate surface area is 688 Å². The minimum Gasteiger partial charge on any atom is -0.466 e. The van der Waals surface area contributed by atoms with E-state index in [0.29, 0.717) is 104 Å². The molecule has 1 aromatic carbocycles. The Kier molecular flexibility index (Phi) is 40.0. The van der Waals surface area contributed by atoms with Gasteiger partial charge in [0.1, 0.15) is 24.2 Å². The van der Waals surface area contributed by atoms with Crippen molar-refractivity contribution < 1.29 is 80.9 Å². The zero-order chi connectivity index (χ0) is 83.6. The fraction of sp³-hybridized carbons (Fsp3) is 0.744. The zero-order valence-electron chi connectivity index (χ0n) is 73.1. The molecule has 4 saturated heterocycles. The molecule has 4 aliphatic heterocycles. The van der Waals surface area contributed by atoms with Crippen molar-refractivity contribution in [1.29, 1.82) is 0 Å². The van der Waals surface area contributed by atoms with Crippen molar-refractivity contribution in [2.24, 2.45) is 46.3 Å². The van der Waals surface area contributed by atoms with Crippen LogP contribution in [0.2, 0.25) is 5.82 Å². The molecule has 8 aliphatic rings. The third-order valence-electron chi connectivity index (χ3n) is 24.6. The number of carbonyl (C=O) groups excluding carboxylic acids is 7. The van der Waals surface area contributed by atoms with E-state index in [4.69, 9.17) is 47.4 Å². The van der Waals surface area contributed by atoms with Crippen LogP contribution in [0.3, 0.4) is 0 Å². The fourth-order valence-corrected chi connectivity index (χ4v) is 18.4. The molecule has 0 aromatic heterocycles. The highest BCUT2D eigenvalue weighted by molar-refractivity contribution is 8.01. The van der Waals surface area contributed by atoms with Gasteiger partial charge in [-0.15, -0.1) is 23.5 Å². The number of nitrogens with zero attached hydrogens (tertiary/aromatic N) is 3. The summed E-state index contributed by atoms with van der Waals surface area (Å²) < 4.78 is 55.2. The molecule has 0 N–H and O–H groups in total. The fourth-order valence-electron chi connectivity index (χ4n) is 15.6. The van der Waals surface area contributed by atoms with Gasteiger partial charge in [0.25, 0.3) is 5.91 Å². The molecule has 4 aliphatic carbocycles. The van der Waals surface area contributed by atoms with Crippen LogP contribution in [0, 0.1) is 46.3 Å². The monoisotopic (exact) mass is 1610 g/mol. The molecule has 113 heavy (non-hydrogen) atoms. The summed E-state index contributed by atoms with van der Waals surface area (Å²) in [5, 5.41) is 0.439. The smallest absolute Gasteiger partial charge is 0.328 e. The van der Waals surface area contributed by atoms with Gasteiger partial charge < -0.3 is 62.1 Å². The zero-order valence-corrected chi connectivity index (χ0v) is 74.7. The van der Waals surface area contributed by atoms with E-state index in [0.717, 1.165) is 94.5 Å². The van der Waals surface area contributed by atoms with Crippen molar-refractivity contribution in [2.45, 2.75) is 296 Å². The number of allylic oxidation sites excluding steroid dienone is 8. The molecule has 4 saturated carbocycles. The van der Waals surface area contributed by atoms with Crippen LogP contribution < -0.4 is 5.46 Å². The van der Waals surface area contributed by atoms with Crippen LogP contribution in [0.5, 0.6) is 0 Å². The Balaban J connectivity index is 0.000000235. The van der Waals surface area contributed by atoms with Crippen LogP contribution in [0.4, 0.5) is 0 Å². The third-order valence-corrected chi connectivity index (χ3v) is 27.4. The predicted octanol–water partition coefficient (Wildman–Crippen LogP) is 15.2. The molecule has 20 nitrogen and oxygen atoms in total. The lowest BCUT2D eigenvalue weighted by Gasteiger charge is -2.37. The average Bonchev–Trinajstić information content (AvgIpc) is 1.80. The number of rotatable bonds is 28. The molecule has 9 rings (SSSR count). The molecule has 635 valence electrons. The van der Waals surface area contributed by atoms with Crippen LogP contribution in [0.25, 0.3) is 6.08 Å². The van der Waals surface area contributed by atoms with Gasteiger partial charge in [-0.1, -0.05) is 158 Å². The normalized spacial score (nSPS) is 29.2. The van der Waals surface area contributed by atoms with Crippen molar-refractivity contribution in [3.8, 4) is 0 Å². The van der Waals surface area contributed by atoms with E-state index >= 15 is 0 Å². The van der Waals surface area contributed by atoms with E-state index in [1.165, 1.54) is 27.2 Å². The number of ether oxygens (including phenoxy) is 10. The number of methoxy groups -OCH3 is 4. The molecule has 1 radical (unpaired) electrons. The van der Waals surface area contributed by atoms with E-state index in [9.17, 15) is 33.6 Å². The molecule has 3 amide bonds. The Morgan fingerprint density at radius 3 is 1.35 bits per heavy atom. The first-order valence-electron chi connectivity index (χ1n) is 41.8. The van der Waals surface area contributed by atoms with Gasteiger partial charge in [-0.3, -0.25) is 19.2 Å². The molecular weight excluding hydrogens is 1470 g/mol. The number of cyclic esters (lactones) is 4. The summed E-state index contributed by atoms with van der Waals surface area (Å²) in [5.74, 6) is 2.36. The van der Waals surface area contributed by atoms with E-state index in [-0.39, 0.29) is 100 Å². The molecule has 18 atom stereocenters. The minimum atomic E-state index is -0.621. The van der Waals surface area contributed by atoms with Gasteiger partial charge in [0.15, 0.2) is 7.28 Å². The van der Waals surface area contributed by atoms with Gasteiger partial charge >= 0.3 is 23.9 Å².